The maximum atomic E-state index is 11.9. The number of ketones is 1. The zero-order valence-electron chi connectivity index (χ0n) is 12.3. The number of aromatic nitrogens is 2. The molecule has 0 bridgehead atoms. The molecule has 1 fully saturated rings. The molecule has 1 heterocycles. The Kier molecular flexibility index (Phi) is 3.97. The van der Waals surface area contributed by atoms with Gasteiger partial charge >= 0.3 is 5.97 Å². The molecule has 1 aromatic rings. The number of hydrogen-bond acceptors (Lipinski definition) is 3. The number of aromatic carboxylic acids is 1. The minimum atomic E-state index is -0.934. The topological polar surface area (TPSA) is 72.2 Å². The smallest absolute Gasteiger partial charge is 0.339 e. The van der Waals surface area contributed by atoms with Crippen LogP contribution in [0.3, 0.4) is 0 Å². The second-order valence-electron chi connectivity index (χ2n) is 5.81. The fourth-order valence-electron chi connectivity index (χ4n) is 3.36. The third-order valence-corrected chi connectivity index (χ3v) is 4.96. The molecule has 0 atom stereocenters. The van der Waals surface area contributed by atoms with E-state index >= 15 is 0 Å². The zero-order valence-corrected chi connectivity index (χ0v) is 12.3. The largest absolute Gasteiger partial charge is 0.478 e. The van der Waals surface area contributed by atoms with Crippen LogP contribution in [0, 0.1) is 12.3 Å². The summed E-state index contributed by atoms with van der Waals surface area (Å²) >= 11 is 0. The number of carbonyl (C=O) groups is 2. The molecule has 0 spiro atoms. The van der Waals surface area contributed by atoms with Gasteiger partial charge in [0.2, 0.25) is 0 Å². The molecule has 0 aliphatic heterocycles. The first-order valence-corrected chi connectivity index (χ1v) is 7.19. The van der Waals surface area contributed by atoms with Crippen molar-refractivity contribution in [2.24, 2.45) is 5.41 Å². The van der Waals surface area contributed by atoms with Crippen LogP contribution in [0.1, 0.15) is 68.0 Å². The van der Waals surface area contributed by atoms with Crippen LogP contribution in [-0.2, 0) is 4.79 Å². The lowest BCUT2D eigenvalue weighted by Crippen LogP contribution is -2.34. The van der Waals surface area contributed by atoms with Crippen molar-refractivity contribution in [3.05, 3.63) is 17.5 Å². The monoisotopic (exact) mass is 278 g/mol. The first-order chi connectivity index (χ1) is 9.41. The number of nitrogens with zero attached hydrogens (tertiary/aromatic N) is 2. The molecule has 20 heavy (non-hydrogen) atoms. The second kappa shape index (κ2) is 5.38. The summed E-state index contributed by atoms with van der Waals surface area (Å²) in [6.07, 6.45) is 5.80. The van der Waals surface area contributed by atoms with E-state index < -0.39 is 5.97 Å². The average molecular weight is 278 g/mol. The third kappa shape index (κ3) is 2.37. The maximum absolute atomic E-state index is 11.9. The highest BCUT2D eigenvalue weighted by molar-refractivity contribution is 5.88. The van der Waals surface area contributed by atoms with Gasteiger partial charge < -0.3 is 5.11 Å². The Labute approximate surface area is 119 Å². The minimum absolute atomic E-state index is 0.173. The quantitative estimate of drug-likeness (QED) is 0.919. The molecule has 5 nitrogen and oxygen atoms in total. The summed E-state index contributed by atoms with van der Waals surface area (Å²) in [6, 6.07) is 0.210. The molecule has 5 heteroatoms. The molecule has 110 valence electrons. The van der Waals surface area contributed by atoms with Crippen LogP contribution in [-0.4, -0.2) is 26.6 Å². The van der Waals surface area contributed by atoms with Gasteiger partial charge in [-0.2, -0.15) is 5.10 Å². The van der Waals surface area contributed by atoms with Crippen LogP contribution in [0.15, 0.2) is 6.20 Å². The van der Waals surface area contributed by atoms with Crippen molar-refractivity contribution in [2.45, 2.75) is 58.9 Å². The Morgan fingerprint density at radius 3 is 2.45 bits per heavy atom. The van der Waals surface area contributed by atoms with Gasteiger partial charge in [-0.05, 0) is 46.0 Å². The Morgan fingerprint density at radius 1 is 1.45 bits per heavy atom. The average Bonchev–Trinajstić information content (AvgIpc) is 2.80. The van der Waals surface area contributed by atoms with E-state index in [0.29, 0.717) is 5.69 Å². The summed E-state index contributed by atoms with van der Waals surface area (Å²) in [5, 5.41) is 13.3. The molecule has 0 saturated heterocycles. The van der Waals surface area contributed by atoms with Crippen LogP contribution in [0.25, 0.3) is 0 Å². The summed E-state index contributed by atoms with van der Waals surface area (Å²) in [5.74, 6) is -0.655. The van der Waals surface area contributed by atoms with Crippen molar-refractivity contribution in [2.75, 3.05) is 0 Å². The van der Waals surface area contributed by atoms with Gasteiger partial charge in [0.1, 0.15) is 11.3 Å². The van der Waals surface area contributed by atoms with Gasteiger partial charge in [0.25, 0.3) is 0 Å². The number of carboxylic acid groups (broad SMARTS) is 1. The van der Waals surface area contributed by atoms with E-state index in [4.69, 9.17) is 5.11 Å². The van der Waals surface area contributed by atoms with Crippen molar-refractivity contribution in [1.29, 1.82) is 0 Å². The van der Waals surface area contributed by atoms with Crippen LogP contribution < -0.4 is 0 Å². The van der Waals surface area contributed by atoms with E-state index in [1.807, 2.05) is 4.68 Å². The predicted octanol–water partition coefficient (Wildman–Crippen LogP) is 2.99. The van der Waals surface area contributed by atoms with Crippen LogP contribution in [0.4, 0.5) is 0 Å². The van der Waals surface area contributed by atoms with E-state index in [1.54, 1.807) is 13.8 Å². The normalized spacial score (nSPS) is 26.4. The second-order valence-corrected chi connectivity index (χ2v) is 5.81. The fraction of sp³-hybridized carbons (Fsp3) is 0.667. The van der Waals surface area contributed by atoms with Gasteiger partial charge in [0, 0.05) is 5.41 Å². The number of hydrogen-bond donors (Lipinski definition) is 1. The van der Waals surface area contributed by atoms with Crippen molar-refractivity contribution in [3.63, 3.8) is 0 Å². The molecule has 1 aliphatic carbocycles. The lowest BCUT2D eigenvalue weighted by molar-refractivity contribution is -0.129. The Morgan fingerprint density at radius 2 is 2.05 bits per heavy atom. The molecule has 0 radical (unpaired) electrons. The summed E-state index contributed by atoms with van der Waals surface area (Å²) in [5.41, 5.74) is 0.797. The Balaban J connectivity index is 2.15. The molecule has 1 saturated carbocycles. The van der Waals surface area contributed by atoms with Gasteiger partial charge in [0.15, 0.2) is 0 Å². The molecule has 2 rings (SSSR count). The fourth-order valence-corrected chi connectivity index (χ4v) is 3.36. The summed E-state index contributed by atoms with van der Waals surface area (Å²) in [7, 11) is 0. The minimum Gasteiger partial charge on any atom is -0.478 e. The van der Waals surface area contributed by atoms with Crippen molar-refractivity contribution in [1.82, 2.24) is 9.78 Å². The van der Waals surface area contributed by atoms with Crippen LogP contribution in [0.5, 0.6) is 0 Å². The molecular weight excluding hydrogens is 256 g/mol. The first kappa shape index (κ1) is 14.8. The van der Waals surface area contributed by atoms with Crippen molar-refractivity contribution >= 4 is 11.8 Å². The molecule has 0 amide bonds. The summed E-state index contributed by atoms with van der Waals surface area (Å²) < 4.78 is 1.82. The van der Waals surface area contributed by atoms with E-state index in [1.165, 1.54) is 6.20 Å². The van der Waals surface area contributed by atoms with Gasteiger partial charge in [-0.15, -0.1) is 0 Å². The number of carboxylic acids is 1. The molecule has 1 aromatic heterocycles. The number of rotatable bonds is 4. The van der Waals surface area contributed by atoms with E-state index in [0.717, 1.165) is 32.1 Å². The molecular formula is C15H22N2O3. The summed E-state index contributed by atoms with van der Waals surface area (Å²) in [6.45, 7) is 5.55. The standard InChI is InChI=1S/C15H22N2O3/c1-4-15(11(3)18)7-5-12(6-8-15)17-10(2)13(9-16-17)14(19)20/h9,12H,4-8H2,1-3H3,(H,19,20)/t12-,15-. The van der Waals surface area contributed by atoms with Crippen molar-refractivity contribution < 1.29 is 14.7 Å². The van der Waals surface area contributed by atoms with Crippen LogP contribution in [0.2, 0.25) is 0 Å². The molecule has 0 unspecified atom stereocenters. The molecule has 1 aliphatic rings. The third-order valence-electron chi connectivity index (χ3n) is 4.96. The van der Waals surface area contributed by atoms with Crippen molar-refractivity contribution in [3.8, 4) is 0 Å². The highest BCUT2D eigenvalue weighted by Gasteiger charge is 2.38. The Hall–Kier alpha value is -1.65. The highest BCUT2D eigenvalue weighted by atomic mass is 16.4. The molecule has 0 aromatic carbocycles. The zero-order chi connectivity index (χ0) is 14.9. The van der Waals surface area contributed by atoms with E-state index in [2.05, 4.69) is 12.0 Å². The van der Waals surface area contributed by atoms with E-state index in [9.17, 15) is 9.59 Å². The van der Waals surface area contributed by atoms with Gasteiger partial charge in [-0.1, -0.05) is 6.92 Å². The lowest BCUT2D eigenvalue weighted by Gasteiger charge is -2.38. The maximum Gasteiger partial charge on any atom is 0.339 e. The lowest BCUT2D eigenvalue weighted by atomic mass is 9.68. The molecule has 1 N–H and O–H groups in total. The van der Waals surface area contributed by atoms with E-state index in [-0.39, 0.29) is 22.8 Å². The summed E-state index contributed by atoms with van der Waals surface area (Å²) in [4.78, 5) is 22.9. The van der Waals surface area contributed by atoms with Gasteiger partial charge in [-0.25, -0.2) is 4.79 Å². The van der Waals surface area contributed by atoms with Gasteiger partial charge in [0.05, 0.1) is 17.9 Å². The predicted molar refractivity (Wildman–Crippen MR) is 74.8 cm³/mol. The number of carbonyl (C=O) groups excluding carboxylic acids is 1. The van der Waals surface area contributed by atoms with Crippen LogP contribution >= 0.6 is 0 Å². The SMILES string of the molecule is CC[C@]1(C(C)=O)CC[C@H](n2ncc(C(=O)O)c2C)CC1. The first-order valence-electron chi connectivity index (χ1n) is 7.19. The Bertz CT molecular complexity index is 525. The number of Topliss-reactive ketones (excluding diaryl/α,β-unsaturated/α-hetero) is 1. The highest BCUT2D eigenvalue weighted by Crippen LogP contribution is 2.44. The van der Waals surface area contributed by atoms with Gasteiger partial charge in [-0.3, -0.25) is 9.48 Å².